The smallest absolute Gasteiger partial charge is 0.330 e. The molecule has 0 aliphatic carbocycles. The summed E-state index contributed by atoms with van der Waals surface area (Å²) in [5.41, 5.74) is 0.662. The summed E-state index contributed by atoms with van der Waals surface area (Å²) in [6.07, 6.45) is 7.69. The highest BCUT2D eigenvalue weighted by atomic mass is 32.2. The predicted octanol–water partition coefficient (Wildman–Crippen LogP) is 1.42. The Bertz CT molecular complexity index is 398. The summed E-state index contributed by atoms with van der Waals surface area (Å²) < 4.78 is 4.89. The predicted molar refractivity (Wildman–Crippen MR) is 71.8 cm³/mol. The van der Waals surface area contributed by atoms with Crippen LogP contribution in [0, 0.1) is 12.3 Å². The molecule has 4 nitrogen and oxygen atoms in total. The van der Waals surface area contributed by atoms with Crippen molar-refractivity contribution < 1.29 is 14.3 Å². The molecule has 0 aromatic heterocycles. The SMILES string of the molecule is C#CCOC(=O)C1CSCN1C(=O)/C(C)=C/CC. The van der Waals surface area contributed by atoms with Crippen LogP contribution in [0.4, 0.5) is 0 Å². The quantitative estimate of drug-likeness (QED) is 0.439. The Morgan fingerprint density at radius 1 is 1.61 bits per heavy atom. The Labute approximate surface area is 112 Å². The minimum absolute atomic E-state index is 0.0498. The minimum atomic E-state index is -0.518. The van der Waals surface area contributed by atoms with Gasteiger partial charge in [-0.3, -0.25) is 4.79 Å². The van der Waals surface area contributed by atoms with Crippen molar-refractivity contribution in [2.24, 2.45) is 0 Å². The second-order valence-electron chi connectivity index (χ2n) is 3.90. The third kappa shape index (κ3) is 3.54. The first-order valence-electron chi connectivity index (χ1n) is 5.77. The number of rotatable bonds is 4. The van der Waals surface area contributed by atoms with Crippen LogP contribution in [0.15, 0.2) is 11.6 Å². The van der Waals surface area contributed by atoms with Gasteiger partial charge in [-0.15, -0.1) is 18.2 Å². The number of esters is 1. The average molecular weight is 267 g/mol. The van der Waals surface area contributed by atoms with Gasteiger partial charge in [0.05, 0.1) is 5.88 Å². The zero-order valence-corrected chi connectivity index (χ0v) is 11.5. The lowest BCUT2D eigenvalue weighted by Gasteiger charge is -2.22. The lowest BCUT2D eigenvalue weighted by molar-refractivity contribution is -0.150. The maximum Gasteiger partial charge on any atom is 0.330 e. The Morgan fingerprint density at radius 2 is 2.33 bits per heavy atom. The Balaban J connectivity index is 2.70. The molecule has 0 saturated carbocycles. The molecule has 1 heterocycles. The fraction of sp³-hybridized carbons (Fsp3) is 0.538. The molecule has 0 aromatic rings. The second-order valence-corrected chi connectivity index (χ2v) is 4.90. The molecule has 5 heteroatoms. The van der Waals surface area contributed by atoms with E-state index in [0.717, 1.165) is 6.42 Å². The highest BCUT2D eigenvalue weighted by Crippen LogP contribution is 2.23. The molecular weight excluding hydrogens is 250 g/mol. The first kappa shape index (κ1) is 14.7. The fourth-order valence-corrected chi connectivity index (χ4v) is 2.81. The summed E-state index contributed by atoms with van der Waals surface area (Å²) in [6.45, 7) is 3.68. The molecule has 1 rings (SSSR count). The first-order valence-corrected chi connectivity index (χ1v) is 6.92. The zero-order chi connectivity index (χ0) is 13.5. The minimum Gasteiger partial charge on any atom is -0.451 e. The van der Waals surface area contributed by atoms with Crippen LogP contribution in [0.3, 0.4) is 0 Å². The van der Waals surface area contributed by atoms with Gasteiger partial charge in [-0.05, 0) is 13.3 Å². The molecule has 1 fully saturated rings. The van der Waals surface area contributed by atoms with E-state index in [9.17, 15) is 9.59 Å². The molecule has 1 unspecified atom stereocenters. The number of nitrogens with zero attached hydrogens (tertiary/aromatic N) is 1. The van der Waals surface area contributed by atoms with Crippen molar-refractivity contribution in [3.05, 3.63) is 11.6 Å². The summed E-state index contributed by atoms with van der Waals surface area (Å²) in [4.78, 5) is 25.4. The highest BCUT2D eigenvalue weighted by Gasteiger charge is 2.35. The molecule has 1 amide bonds. The van der Waals surface area contributed by atoms with Crippen molar-refractivity contribution in [3.63, 3.8) is 0 Å². The number of carbonyl (C=O) groups is 2. The molecule has 1 aliphatic rings. The van der Waals surface area contributed by atoms with Crippen molar-refractivity contribution in [3.8, 4) is 12.3 Å². The average Bonchev–Trinajstić information content (AvgIpc) is 2.84. The van der Waals surface area contributed by atoms with Gasteiger partial charge in [0.25, 0.3) is 5.91 Å². The molecular formula is C13H17NO3S. The van der Waals surface area contributed by atoms with Gasteiger partial charge in [-0.1, -0.05) is 18.9 Å². The summed E-state index contributed by atoms with van der Waals surface area (Å²) in [7, 11) is 0. The van der Waals surface area contributed by atoms with Gasteiger partial charge >= 0.3 is 5.97 Å². The van der Waals surface area contributed by atoms with E-state index in [4.69, 9.17) is 11.2 Å². The number of allylic oxidation sites excluding steroid dienone is 1. The van der Waals surface area contributed by atoms with E-state index in [0.29, 0.717) is 17.2 Å². The fourth-order valence-electron chi connectivity index (χ4n) is 1.67. The van der Waals surface area contributed by atoms with E-state index < -0.39 is 12.0 Å². The van der Waals surface area contributed by atoms with Crippen LogP contribution < -0.4 is 0 Å². The van der Waals surface area contributed by atoms with Gasteiger partial charge in [0.2, 0.25) is 0 Å². The molecule has 0 aromatic carbocycles. The molecule has 0 radical (unpaired) electrons. The van der Waals surface area contributed by atoms with Crippen LogP contribution in [-0.2, 0) is 14.3 Å². The largest absolute Gasteiger partial charge is 0.451 e. The third-order valence-electron chi connectivity index (χ3n) is 2.56. The third-order valence-corrected chi connectivity index (χ3v) is 3.57. The summed E-state index contributed by atoms with van der Waals surface area (Å²) >= 11 is 1.54. The van der Waals surface area contributed by atoms with Gasteiger partial charge < -0.3 is 9.64 Å². The number of hydrogen-bond acceptors (Lipinski definition) is 4. The molecule has 0 spiro atoms. The zero-order valence-electron chi connectivity index (χ0n) is 10.6. The van der Waals surface area contributed by atoms with Gasteiger partial charge in [-0.2, -0.15) is 0 Å². The second kappa shape index (κ2) is 7.12. The first-order chi connectivity index (χ1) is 8.61. The van der Waals surface area contributed by atoms with Crippen molar-refractivity contribution in [1.29, 1.82) is 0 Å². The van der Waals surface area contributed by atoms with Crippen LogP contribution in [0.2, 0.25) is 0 Å². The van der Waals surface area contributed by atoms with E-state index in [1.165, 1.54) is 0 Å². The number of carbonyl (C=O) groups excluding carboxylic acids is 2. The van der Waals surface area contributed by atoms with Crippen LogP contribution in [0.5, 0.6) is 0 Å². The molecule has 1 atom stereocenters. The molecule has 0 bridgehead atoms. The lowest BCUT2D eigenvalue weighted by Crippen LogP contribution is -2.43. The van der Waals surface area contributed by atoms with Crippen molar-refractivity contribution >= 4 is 23.6 Å². The van der Waals surface area contributed by atoms with E-state index in [-0.39, 0.29) is 12.5 Å². The summed E-state index contributed by atoms with van der Waals surface area (Å²) in [5.74, 6) is 2.80. The molecule has 1 saturated heterocycles. The molecule has 0 N–H and O–H groups in total. The van der Waals surface area contributed by atoms with Crippen molar-refractivity contribution in [1.82, 2.24) is 4.90 Å². The van der Waals surface area contributed by atoms with Crippen LogP contribution in [-0.4, -0.2) is 41.1 Å². The number of terminal acetylenes is 1. The standard InChI is InChI=1S/C13H17NO3S/c1-4-6-10(3)12(15)14-9-18-8-11(14)13(16)17-7-5-2/h2,6,11H,4,7-9H2,1,3H3/b10-6+. The maximum atomic E-state index is 12.1. The molecule has 1 aliphatic heterocycles. The van der Waals surface area contributed by atoms with E-state index in [1.807, 2.05) is 13.0 Å². The number of thioether (sulfide) groups is 1. The number of hydrogen-bond donors (Lipinski definition) is 0. The van der Waals surface area contributed by atoms with Gasteiger partial charge in [0, 0.05) is 11.3 Å². The van der Waals surface area contributed by atoms with Crippen LogP contribution in [0.1, 0.15) is 20.3 Å². The number of amides is 1. The molecule has 18 heavy (non-hydrogen) atoms. The van der Waals surface area contributed by atoms with Crippen molar-refractivity contribution in [2.75, 3.05) is 18.2 Å². The van der Waals surface area contributed by atoms with Gasteiger partial charge in [0.1, 0.15) is 6.04 Å². The Hall–Kier alpha value is -1.41. The normalized spacial score (nSPS) is 19.5. The van der Waals surface area contributed by atoms with Crippen molar-refractivity contribution in [2.45, 2.75) is 26.3 Å². The lowest BCUT2D eigenvalue weighted by atomic mass is 10.2. The Kier molecular flexibility index (Phi) is 5.79. The maximum absolute atomic E-state index is 12.1. The summed E-state index contributed by atoms with van der Waals surface area (Å²) in [6, 6.07) is -0.518. The highest BCUT2D eigenvalue weighted by molar-refractivity contribution is 7.99. The van der Waals surface area contributed by atoms with E-state index in [1.54, 1.807) is 23.6 Å². The monoisotopic (exact) mass is 267 g/mol. The van der Waals surface area contributed by atoms with Gasteiger partial charge in [-0.25, -0.2) is 4.79 Å². The van der Waals surface area contributed by atoms with E-state index in [2.05, 4.69) is 5.92 Å². The summed E-state index contributed by atoms with van der Waals surface area (Å²) in [5, 5.41) is 0. The van der Waals surface area contributed by atoms with Crippen LogP contribution >= 0.6 is 11.8 Å². The number of ether oxygens (including phenoxy) is 1. The Morgan fingerprint density at radius 3 is 2.94 bits per heavy atom. The topological polar surface area (TPSA) is 46.6 Å². The molecule has 98 valence electrons. The van der Waals surface area contributed by atoms with E-state index >= 15 is 0 Å². The van der Waals surface area contributed by atoms with Crippen LogP contribution in [0.25, 0.3) is 0 Å². The van der Waals surface area contributed by atoms with Gasteiger partial charge in [0.15, 0.2) is 6.61 Å².